The third-order valence-electron chi connectivity index (χ3n) is 3.29. The second-order valence-corrected chi connectivity index (χ2v) is 5.20. The Balaban J connectivity index is 2.02. The van der Waals surface area contributed by atoms with Gasteiger partial charge in [0.15, 0.2) is 0 Å². The van der Waals surface area contributed by atoms with Crippen molar-refractivity contribution in [1.82, 2.24) is 5.32 Å². The third-order valence-corrected chi connectivity index (χ3v) is 3.53. The number of ether oxygens (including phenoxy) is 1. The van der Waals surface area contributed by atoms with Gasteiger partial charge in [-0.1, -0.05) is 24.4 Å². The second kappa shape index (κ2) is 6.12. The molecule has 0 aromatic heterocycles. The zero-order valence-electron chi connectivity index (χ0n) is 10.9. The van der Waals surface area contributed by atoms with Crippen LogP contribution >= 0.6 is 12.2 Å². The SMILES string of the molecule is CC(NC(=O)c1cccc(C(N)=S)c1)C1CCCO1. The van der Waals surface area contributed by atoms with Gasteiger partial charge in [0.05, 0.1) is 12.1 Å². The molecule has 0 saturated carbocycles. The smallest absolute Gasteiger partial charge is 0.251 e. The van der Waals surface area contributed by atoms with Gasteiger partial charge in [0.1, 0.15) is 4.99 Å². The van der Waals surface area contributed by atoms with E-state index in [1.54, 1.807) is 24.3 Å². The van der Waals surface area contributed by atoms with E-state index >= 15 is 0 Å². The molecular formula is C14H18N2O2S. The van der Waals surface area contributed by atoms with Crippen LogP contribution in [0.3, 0.4) is 0 Å². The molecule has 1 aromatic carbocycles. The first kappa shape index (κ1) is 14.0. The first-order valence-electron chi connectivity index (χ1n) is 6.40. The van der Waals surface area contributed by atoms with E-state index in [9.17, 15) is 4.79 Å². The molecule has 2 rings (SSSR count). The molecular weight excluding hydrogens is 260 g/mol. The predicted octanol–water partition coefficient (Wildman–Crippen LogP) is 1.62. The van der Waals surface area contributed by atoms with E-state index in [4.69, 9.17) is 22.7 Å². The van der Waals surface area contributed by atoms with Crippen molar-refractivity contribution in [2.75, 3.05) is 6.61 Å². The molecule has 1 heterocycles. The number of thiocarbonyl (C=S) groups is 1. The summed E-state index contributed by atoms with van der Waals surface area (Å²) in [4.78, 5) is 12.4. The Morgan fingerprint density at radius 3 is 2.89 bits per heavy atom. The number of nitrogens with two attached hydrogens (primary N) is 1. The minimum atomic E-state index is -0.124. The summed E-state index contributed by atoms with van der Waals surface area (Å²) in [6, 6.07) is 7.03. The summed E-state index contributed by atoms with van der Waals surface area (Å²) in [6.45, 7) is 2.74. The topological polar surface area (TPSA) is 64.4 Å². The Morgan fingerprint density at radius 2 is 2.26 bits per heavy atom. The highest BCUT2D eigenvalue weighted by molar-refractivity contribution is 7.80. The molecule has 0 spiro atoms. The number of carbonyl (C=O) groups is 1. The van der Waals surface area contributed by atoms with E-state index < -0.39 is 0 Å². The summed E-state index contributed by atoms with van der Waals surface area (Å²) in [5, 5.41) is 2.96. The highest BCUT2D eigenvalue weighted by Gasteiger charge is 2.23. The van der Waals surface area contributed by atoms with Crippen LogP contribution in [0, 0.1) is 0 Å². The number of benzene rings is 1. The molecule has 2 unspecified atom stereocenters. The lowest BCUT2D eigenvalue weighted by molar-refractivity contribution is 0.0712. The van der Waals surface area contributed by atoms with Crippen LogP contribution in [0.15, 0.2) is 24.3 Å². The maximum Gasteiger partial charge on any atom is 0.251 e. The van der Waals surface area contributed by atoms with Crippen LogP contribution in [-0.4, -0.2) is 29.6 Å². The second-order valence-electron chi connectivity index (χ2n) is 4.76. The molecule has 4 nitrogen and oxygen atoms in total. The van der Waals surface area contributed by atoms with Gasteiger partial charge >= 0.3 is 0 Å². The number of nitrogens with one attached hydrogen (secondary N) is 1. The number of rotatable bonds is 4. The zero-order chi connectivity index (χ0) is 13.8. The molecule has 0 aliphatic carbocycles. The van der Waals surface area contributed by atoms with Crippen molar-refractivity contribution in [3.63, 3.8) is 0 Å². The molecule has 5 heteroatoms. The van der Waals surface area contributed by atoms with Gasteiger partial charge in [0.2, 0.25) is 0 Å². The van der Waals surface area contributed by atoms with Crippen LogP contribution in [0.25, 0.3) is 0 Å². The Bertz CT molecular complexity index is 484. The molecule has 102 valence electrons. The van der Waals surface area contributed by atoms with E-state index in [0.717, 1.165) is 19.4 Å². The molecule has 0 radical (unpaired) electrons. The van der Waals surface area contributed by atoms with Crippen LogP contribution in [0.4, 0.5) is 0 Å². The Morgan fingerprint density at radius 1 is 1.53 bits per heavy atom. The molecule has 1 fully saturated rings. The fraction of sp³-hybridized carbons (Fsp3) is 0.429. The first-order chi connectivity index (χ1) is 9.08. The Labute approximate surface area is 118 Å². The molecule has 3 N–H and O–H groups in total. The van der Waals surface area contributed by atoms with Crippen LogP contribution in [0.2, 0.25) is 0 Å². The van der Waals surface area contributed by atoms with Crippen molar-refractivity contribution in [1.29, 1.82) is 0 Å². The number of hydrogen-bond acceptors (Lipinski definition) is 3. The van der Waals surface area contributed by atoms with Gasteiger partial charge in [0, 0.05) is 17.7 Å². The monoisotopic (exact) mass is 278 g/mol. The van der Waals surface area contributed by atoms with E-state index in [0.29, 0.717) is 16.1 Å². The quantitative estimate of drug-likeness (QED) is 0.821. The summed E-state index contributed by atoms with van der Waals surface area (Å²) < 4.78 is 5.56. The van der Waals surface area contributed by atoms with Gasteiger partial charge in [-0.3, -0.25) is 4.79 Å². The third kappa shape index (κ3) is 3.52. The average Bonchev–Trinajstić information content (AvgIpc) is 2.92. The van der Waals surface area contributed by atoms with Crippen LogP contribution in [0.1, 0.15) is 35.7 Å². The lowest BCUT2D eigenvalue weighted by Gasteiger charge is -2.20. The molecule has 2 atom stereocenters. The van der Waals surface area contributed by atoms with Gasteiger partial charge in [-0.15, -0.1) is 0 Å². The first-order valence-corrected chi connectivity index (χ1v) is 6.81. The summed E-state index contributed by atoms with van der Waals surface area (Å²) in [7, 11) is 0. The van der Waals surface area contributed by atoms with Crippen LogP contribution in [-0.2, 0) is 4.74 Å². The fourth-order valence-corrected chi connectivity index (χ4v) is 2.32. The molecule has 19 heavy (non-hydrogen) atoms. The Kier molecular flexibility index (Phi) is 4.50. The van der Waals surface area contributed by atoms with Crippen LogP contribution < -0.4 is 11.1 Å². The van der Waals surface area contributed by atoms with E-state index in [2.05, 4.69) is 5.32 Å². The summed E-state index contributed by atoms with van der Waals surface area (Å²) in [5.74, 6) is -0.124. The molecule has 1 saturated heterocycles. The van der Waals surface area contributed by atoms with Crippen molar-refractivity contribution < 1.29 is 9.53 Å². The number of carbonyl (C=O) groups excluding carboxylic acids is 1. The van der Waals surface area contributed by atoms with Gasteiger partial charge in [-0.2, -0.15) is 0 Å². The summed E-state index contributed by atoms with van der Waals surface area (Å²) in [5.41, 5.74) is 6.83. The highest BCUT2D eigenvalue weighted by Crippen LogP contribution is 2.16. The van der Waals surface area contributed by atoms with Crippen molar-refractivity contribution in [2.45, 2.75) is 31.9 Å². The standard InChI is InChI=1S/C14H18N2O2S/c1-9(12-6-3-7-18-12)16-14(17)11-5-2-4-10(8-11)13(15)19/h2,4-5,8-9,12H,3,6-7H2,1H3,(H2,15,19)(H,16,17). The van der Waals surface area contributed by atoms with E-state index in [-0.39, 0.29) is 18.1 Å². The average molecular weight is 278 g/mol. The molecule has 1 aliphatic rings. The van der Waals surface area contributed by atoms with E-state index in [1.165, 1.54) is 0 Å². The summed E-state index contributed by atoms with van der Waals surface area (Å²) in [6.07, 6.45) is 2.17. The molecule has 1 aliphatic heterocycles. The maximum absolute atomic E-state index is 12.1. The molecule has 0 bridgehead atoms. The van der Waals surface area contributed by atoms with Gasteiger partial charge in [0.25, 0.3) is 5.91 Å². The van der Waals surface area contributed by atoms with Crippen molar-refractivity contribution in [2.24, 2.45) is 5.73 Å². The largest absolute Gasteiger partial charge is 0.389 e. The van der Waals surface area contributed by atoms with Crippen molar-refractivity contribution in [3.8, 4) is 0 Å². The minimum absolute atomic E-state index is 0.00323. The lowest BCUT2D eigenvalue weighted by Crippen LogP contribution is -2.40. The summed E-state index contributed by atoms with van der Waals surface area (Å²) >= 11 is 4.91. The number of hydrogen-bond donors (Lipinski definition) is 2. The van der Waals surface area contributed by atoms with Gasteiger partial charge < -0.3 is 15.8 Å². The maximum atomic E-state index is 12.1. The Hall–Kier alpha value is -1.46. The lowest BCUT2D eigenvalue weighted by atomic mass is 10.1. The van der Waals surface area contributed by atoms with Gasteiger partial charge in [-0.05, 0) is 31.9 Å². The normalized spacial score (nSPS) is 19.9. The fourth-order valence-electron chi connectivity index (χ4n) is 2.19. The minimum Gasteiger partial charge on any atom is -0.389 e. The number of amides is 1. The van der Waals surface area contributed by atoms with Crippen molar-refractivity contribution >= 4 is 23.1 Å². The zero-order valence-corrected chi connectivity index (χ0v) is 11.7. The van der Waals surface area contributed by atoms with E-state index in [1.807, 2.05) is 6.92 Å². The van der Waals surface area contributed by atoms with Crippen LogP contribution in [0.5, 0.6) is 0 Å². The predicted molar refractivity (Wildman–Crippen MR) is 78.2 cm³/mol. The molecule has 1 aromatic rings. The molecule has 1 amide bonds. The van der Waals surface area contributed by atoms with Gasteiger partial charge in [-0.25, -0.2) is 0 Å². The van der Waals surface area contributed by atoms with Crippen molar-refractivity contribution in [3.05, 3.63) is 35.4 Å². The highest BCUT2D eigenvalue weighted by atomic mass is 32.1.